The van der Waals surface area contributed by atoms with Gasteiger partial charge >= 0.3 is 0 Å². The summed E-state index contributed by atoms with van der Waals surface area (Å²) >= 11 is 0. The summed E-state index contributed by atoms with van der Waals surface area (Å²) in [5.41, 5.74) is 3.15. The van der Waals surface area contributed by atoms with E-state index in [0.717, 1.165) is 17.7 Å². The summed E-state index contributed by atoms with van der Waals surface area (Å²) in [6, 6.07) is 14.5. The second-order valence-electron chi connectivity index (χ2n) is 4.72. The van der Waals surface area contributed by atoms with E-state index in [4.69, 9.17) is 0 Å². The summed E-state index contributed by atoms with van der Waals surface area (Å²) in [5.74, 6) is -0.297. The van der Waals surface area contributed by atoms with Crippen molar-refractivity contribution in [2.75, 3.05) is 10.6 Å². The number of aryl methyl sites for hydroxylation is 1. The lowest BCUT2D eigenvalue weighted by molar-refractivity contribution is -0.114. The maximum atomic E-state index is 12.2. The first kappa shape index (κ1) is 14.8. The third kappa shape index (κ3) is 3.92. The number of hydrogen-bond donors (Lipinski definition) is 2. The van der Waals surface area contributed by atoms with E-state index in [2.05, 4.69) is 10.6 Å². The van der Waals surface area contributed by atoms with Gasteiger partial charge in [0.1, 0.15) is 0 Å². The molecule has 0 saturated carbocycles. The smallest absolute Gasteiger partial charge is 0.255 e. The van der Waals surface area contributed by atoms with Gasteiger partial charge < -0.3 is 10.6 Å². The number of hydrogen-bond acceptors (Lipinski definition) is 2. The molecule has 0 saturated heterocycles. The normalized spacial score (nSPS) is 10.0. The monoisotopic (exact) mass is 282 g/mol. The largest absolute Gasteiger partial charge is 0.326 e. The summed E-state index contributed by atoms with van der Waals surface area (Å²) in [5, 5.41) is 5.58. The molecule has 0 aliphatic rings. The maximum Gasteiger partial charge on any atom is 0.255 e. The molecular formula is C17H18N2O2. The van der Waals surface area contributed by atoms with Crippen LogP contribution in [0.4, 0.5) is 11.4 Å². The predicted molar refractivity (Wildman–Crippen MR) is 84.5 cm³/mol. The molecule has 21 heavy (non-hydrogen) atoms. The van der Waals surface area contributed by atoms with E-state index in [1.54, 1.807) is 24.3 Å². The molecule has 0 fully saturated rings. The van der Waals surface area contributed by atoms with Crippen molar-refractivity contribution < 1.29 is 9.59 Å². The van der Waals surface area contributed by atoms with Crippen molar-refractivity contribution in [1.29, 1.82) is 0 Å². The molecule has 2 rings (SSSR count). The quantitative estimate of drug-likeness (QED) is 0.902. The first-order valence-corrected chi connectivity index (χ1v) is 6.87. The molecule has 0 aliphatic carbocycles. The van der Waals surface area contributed by atoms with Crippen molar-refractivity contribution in [3.8, 4) is 0 Å². The van der Waals surface area contributed by atoms with Gasteiger partial charge in [0.2, 0.25) is 5.91 Å². The summed E-state index contributed by atoms with van der Waals surface area (Å²) in [6.07, 6.45) is 0.859. The first-order valence-electron chi connectivity index (χ1n) is 6.87. The Kier molecular flexibility index (Phi) is 4.72. The van der Waals surface area contributed by atoms with Crippen molar-refractivity contribution >= 4 is 23.2 Å². The number of para-hydroxylation sites is 1. The van der Waals surface area contributed by atoms with Gasteiger partial charge in [-0.2, -0.15) is 0 Å². The number of amides is 2. The van der Waals surface area contributed by atoms with E-state index in [0.29, 0.717) is 11.3 Å². The van der Waals surface area contributed by atoms with Crippen LogP contribution in [0.1, 0.15) is 29.8 Å². The topological polar surface area (TPSA) is 58.2 Å². The van der Waals surface area contributed by atoms with Crippen molar-refractivity contribution in [2.24, 2.45) is 0 Å². The lowest BCUT2D eigenvalue weighted by atomic mass is 10.1. The molecule has 2 N–H and O–H groups in total. The van der Waals surface area contributed by atoms with Gasteiger partial charge in [0, 0.05) is 23.9 Å². The fourth-order valence-electron chi connectivity index (χ4n) is 2.05. The van der Waals surface area contributed by atoms with Gasteiger partial charge in [-0.25, -0.2) is 0 Å². The van der Waals surface area contributed by atoms with Gasteiger partial charge in [0.25, 0.3) is 5.91 Å². The molecule has 2 aromatic carbocycles. The number of anilines is 2. The fraction of sp³-hybridized carbons (Fsp3) is 0.176. The lowest BCUT2D eigenvalue weighted by Gasteiger charge is -2.10. The van der Waals surface area contributed by atoms with Crippen molar-refractivity contribution in [2.45, 2.75) is 20.3 Å². The zero-order chi connectivity index (χ0) is 15.2. The SMILES string of the molecule is CCc1ccccc1NC(=O)c1ccc(NC(C)=O)cc1. The highest BCUT2D eigenvalue weighted by molar-refractivity contribution is 6.05. The maximum absolute atomic E-state index is 12.2. The Bertz CT molecular complexity index is 648. The molecule has 4 nitrogen and oxygen atoms in total. The van der Waals surface area contributed by atoms with Crippen LogP contribution in [0.5, 0.6) is 0 Å². The molecule has 0 spiro atoms. The zero-order valence-corrected chi connectivity index (χ0v) is 12.1. The minimum absolute atomic E-state index is 0.135. The third-order valence-corrected chi connectivity index (χ3v) is 3.11. The Morgan fingerprint density at radius 2 is 1.62 bits per heavy atom. The molecule has 4 heteroatoms. The Morgan fingerprint density at radius 3 is 2.24 bits per heavy atom. The minimum Gasteiger partial charge on any atom is -0.326 e. The molecule has 0 bridgehead atoms. The number of carbonyl (C=O) groups excluding carboxylic acids is 2. The lowest BCUT2D eigenvalue weighted by Crippen LogP contribution is -2.13. The molecule has 0 atom stereocenters. The molecule has 0 unspecified atom stereocenters. The van der Waals surface area contributed by atoms with Gasteiger partial charge in [0.15, 0.2) is 0 Å². The van der Waals surface area contributed by atoms with Crippen LogP contribution in [0.2, 0.25) is 0 Å². The number of nitrogens with one attached hydrogen (secondary N) is 2. The standard InChI is InChI=1S/C17H18N2O2/c1-3-13-6-4-5-7-16(13)19-17(21)14-8-10-15(11-9-14)18-12(2)20/h4-11H,3H2,1-2H3,(H,18,20)(H,19,21). The van der Waals surface area contributed by atoms with Crippen LogP contribution in [0.15, 0.2) is 48.5 Å². The second kappa shape index (κ2) is 6.70. The van der Waals surface area contributed by atoms with E-state index in [1.165, 1.54) is 6.92 Å². The fourth-order valence-corrected chi connectivity index (χ4v) is 2.05. The van der Waals surface area contributed by atoms with Gasteiger partial charge in [-0.3, -0.25) is 9.59 Å². The van der Waals surface area contributed by atoms with Crippen LogP contribution < -0.4 is 10.6 Å². The number of rotatable bonds is 4. The molecule has 108 valence electrons. The molecule has 0 radical (unpaired) electrons. The van der Waals surface area contributed by atoms with Gasteiger partial charge in [-0.05, 0) is 42.3 Å². The molecular weight excluding hydrogens is 264 g/mol. The molecule has 2 amide bonds. The van der Waals surface area contributed by atoms with E-state index in [-0.39, 0.29) is 11.8 Å². The highest BCUT2D eigenvalue weighted by Gasteiger charge is 2.08. The molecule has 2 aromatic rings. The van der Waals surface area contributed by atoms with Crippen LogP contribution in [0, 0.1) is 0 Å². The Hall–Kier alpha value is -2.62. The van der Waals surface area contributed by atoms with E-state index in [1.807, 2.05) is 31.2 Å². The average Bonchev–Trinajstić information content (AvgIpc) is 2.48. The third-order valence-electron chi connectivity index (χ3n) is 3.11. The van der Waals surface area contributed by atoms with Crippen LogP contribution in [-0.2, 0) is 11.2 Å². The van der Waals surface area contributed by atoms with Gasteiger partial charge in [-0.1, -0.05) is 25.1 Å². The molecule has 0 heterocycles. The van der Waals surface area contributed by atoms with Crippen molar-refractivity contribution in [1.82, 2.24) is 0 Å². The predicted octanol–water partition coefficient (Wildman–Crippen LogP) is 3.46. The van der Waals surface area contributed by atoms with Gasteiger partial charge in [-0.15, -0.1) is 0 Å². The first-order chi connectivity index (χ1) is 10.1. The van der Waals surface area contributed by atoms with Crippen LogP contribution in [0.3, 0.4) is 0 Å². The highest BCUT2D eigenvalue weighted by Crippen LogP contribution is 2.17. The summed E-state index contributed by atoms with van der Waals surface area (Å²) in [4.78, 5) is 23.2. The van der Waals surface area contributed by atoms with Crippen molar-refractivity contribution in [3.63, 3.8) is 0 Å². The van der Waals surface area contributed by atoms with Gasteiger partial charge in [0.05, 0.1) is 0 Å². The summed E-state index contributed by atoms with van der Waals surface area (Å²) < 4.78 is 0. The summed E-state index contributed by atoms with van der Waals surface area (Å²) in [7, 11) is 0. The van der Waals surface area contributed by atoms with Crippen LogP contribution in [-0.4, -0.2) is 11.8 Å². The molecule has 0 aliphatic heterocycles. The van der Waals surface area contributed by atoms with E-state index < -0.39 is 0 Å². The second-order valence-corrected chi connectivity index (χ2v) is 4.72. The summed E-state index contributed by atoms with van der Waals surface area (Å²) in [6.45, 7) is 3.50. The Morgan fingerprint density at radius 1 is 0.952 bits per heavy atom. The minimum atomic E-state index is -0.162. The Labute approximate surface area is 124 Å². The van der Waals surface area contributed by atoms with Crippen LogP contribution in [0.25, 0.3) is 0 Å². The Balaban J connectivity index is 2.11. The molecule has 0 aromatic heterocycles. The van der Waals surface area contributed by atoms with Crippen molar-refractivity contribution in [3.05, 3.63) is 59.7 Å². The number of benzene rings is 2. The van der Waals surface area contributed by atoms with Crippen LogP contribution >= 0.6 is 0 Å². The highest BCUT2D eigenvalue weighted by atomic mass is 16.2. The van der Waals surface area contributed by atoms with E-state index >= 15 is 0 Å². The zero-order valence-electron chi connectivity index (χ0n) is 12.1. The number of carbonyl (C=O) groups is 2. The van der Waals surface area contributed by atoms with E-state index in [9.17, 15) is 9.59 Å². The average molecular weight is 282 g/mol.